The molecule has 0 aromatic rings. The molecule has 0 saturated heterocycles. The fraction of sp³-hybridized carbons (Fsp3) is 0.667. The molecule has 100 valence electrons. The molecule has 3 heteroatoms. The summed E-state index contributed by atoms with van der Waals surface area (Å²) in [6.45, 7) is 9.31. The first kappa shape index (κ1) is 14.8. The molecule has 3 nitrogen and oxygen atoms in total. The van der Waals surface area contributed by atoms with Crippen molar-refractivity contribution in [3.8, 4) is 11.8 Å². The van der Waals surface area contributed by atoms with Gasteiger partial charge in [-0.05, 0) is 26.7 Å². The number of allylic oxidation sites excluding steroid dienone is 1. The van der Waals surface area contributed by atoms with Gasteiger partial charge in [-0.2, -0.15) is 0 Å². The van der Waals surface area contributed by atoms with Gasteiger partial charge in [-0.1, -0.05) is 31.3 Å². The number of hydrogen-bond donors (Lipinski definition) is 1. The van der Waals surface area contributed by atoms with Crippen molar-refractivity contribution in [2.45, 2.75) is 59.7 Å². The molecule has 0 amide bonds. The second-order valence-electron chi connectivity index (χ2n) is 5.62. The van der Waals surface area contributed by atoms with Crippen LogP contribution in [0.2, 0.25) is 0 Å². The van der Waals surface area contributed by atoms with Crippen molar-refractivity contribution in [3.63, 3.8) is 0 Å². The van der Waals surface area contributed by atoms with Gasteiger partial charge in [0, 0.05) is 17.9 Å². The molecule has 0 aromatic carbocycles. The van der Waals surface area contributed by atoms with Crippen molar-refractivity contribution in [1.82, 2.24) is 0 Å². The van der Waals surface area contributed by atoms with Crippen LogP contribution in [0.3, 0.4) is 0 Å². The third-order valence-corrected chi connectivity index (χ3v) is 3.13. The van der Waals surface area contributed by atoms with E-state index in [-0.39, 0.29) is 17.5 Å². The van der Waals surface area contributed by atoms with Gasteiger partial charge >= 0.3 is 5.97 Å². The van der Waals surface area contributed by atoms with Gasteiger partial charge in [0.2, 0.25) is 0 Å². The Kier molecular flexibility index (Phi) is 4.59. The Balaban J connectivity index is 2.91. The molecule has 2 atom stereocenters. The van der Waals surface area contributed by atoms with E-state index in [0.29, 0.717) is 6.42 Å². The first-order chi connectivity index (χ1) is 8.22. The van der Waals surface area contributed by atoms with Crippen molar-refractivity contribution < 1.29 is 14.6 Å². The standard InChI is InChI=1S/C15H22O3/c1-10-8-13(17)9-15(4,5)14(10)7-6-11(2)18-12(3)16/h11,13,17H,8-9H2,1-5H3/t11-,13-/m1/s1. The molecule has 0 aromatic heterocycles. The number of carbonyl (C=O) groups is 1. The van der Waals surface area contributed by atoms with Crippen LogP contribution in [0.25, 0.3) is 0 Å². The summed E-state index contributed by atoms with van der Waals surface area (Å²) in [6, 6.07) is 0. The van der Waals surface area contributed by atoms with Gasteiger partial charge in [-0.15, -0.1) is 0 Å². The predicted molar refractivity (Wildman–Crippen MR) is 70.7 cm³/mol. The maximum Gasteiger partial charge on any atom is 0.303 e. The minimum atomic E-state index is -0.398. The third-order valence-electron chi connectivity index (χ3n) is 3.13. The van der Waals surface area contributed by atoms with Gasteiger partial charge in [0.05, 0.1) is 6.10 Å². The summed E-state index contributed by atoms with van der Waals surface area (Å²) in [5, 5.41) is 9.78. The molecule has 0 bridgehead atoms. The van der Waals surface area contributed by atoms with E-state index in [1.165, 1.54) is 6.92 Å². The summed E-state index contributed by atoms with van der Waals surface area (Å²) in [5.74, 6) is 5.76. The Morgan fingerprint density at radius 2 is 2.17 bits per heavy atom. The summed E-state index contributed by atoms with van der Waals surface area (Å²) in [7, 11) is 0. The lowest BCUT2D eigenvalue weighted by Crippen LogP contribution is -2.28. The van der Waals surface area contributed by atoms with Gasteiger partial charge in [0.25, 0.3) is 0 Å². The largest absolute Gasteiger partial charge is 0.450 e. The molecule has 0 unspecified atom stereocenters. The van der Waals surface area contributed by atoms with Crippen molar-refractivity contribution in [2.75, 3.05) is 0 Å². The van der Waals surface area contributed by atoms with Crippen LogP contribution in [0.5, 0.6) is 0 Å². The normalized spacial score (nSPS) is 24.0. The van der Waals surface area contributed by atoms with Gasteiger partial charge in [0.1, 0.15) is 0 Å². The van der Waals surface area contributed by atoms with E-state index in [2.05, 4.69) is 25.7 Å². The van der Waals surface area contributed by atoms with Crippen LogP contribution in [0, 0.1) is 17.3 Å². The summed E-state index contributed by atoms with van der Waals surface area (Å²) in [6.07, 6.45) is 0.716. The molecule has 0 aliphatic heterocycles. The van der Waals surface area contributed by atoms with E-state index in [0.717, 1.165) is 17.6 Å². The lowest BCUT2D eigenvalue weighted by molar-refractivity contribution is -0.143. The molecular formula is C15H22O3. The van der Waals surface area contributed by atoms with Gasteiger partial charge < -0.3 is 9.84 Å². The Morgan fingerprint density at radius 1 is 1.56 bits per heavy atom. The van der Waals surface area contributed by atoms with E-state index in [4.69, 9.17) is 4.74 Å². The third kappa shape index (κ3) is 3.89. The quantitative estimate of drug-likeness (QED) is 0.574. The highest BCUT2D eigenvalue weighted by atomic mass is 16.5. The smallest absolute Gasteiger partial charge is 0.303 e. The average molecular weight is 250 g/mol. The average Bonchev–Trinajstić information content (AvgIpc) is 2.12. The Hall–Kier alpha value is -1.27. The molecule has 18 heavy (non-hydrogen) atoms. The zero-order valence-electron chi connectivity index (χ0n) is 11.8. The van der Waals surface area contributed by atoms with Crippen LogP contribution in [0.15, 0.2) is 11.1 Å². The molecule has 0 heterocycles. The minimum absolute atomic E-state index is 0.120. The van der Waals surface area contributed by atoms with Crippen LogP contribution >= 0.6 is 0 Å². The van der Waals surface area contributed by atoms with Crippen molar-refractivity contribution in [2.24, 2.45) is 5.41 Å². The topological polar surface area (TPSA) is 46.5 Å². The van der Waals surface area contributed by atoms with Crippen LogP contribution in [0.1, 0.15) is 47.5 Å². The lowest BCUT2D eigenvalue weighted by atomic mass is 9.72. The fourth-order valence-corrected chi connectivity index (χ4v) is 2.52. The molecule has 0 fully saturated rings. The Bertz CT molecular complexity index is 421. The SMILES string of the molecule is CC(=O)O[C@H](C)C#CC1=C(C)C[C@@H](O)CC1(C)C. The van der Waals surface area contributed by atoms with Crippen LogP contribution < -0.4 is 0 Å². The van der Waals surface area contributed by atoms with Crippen molar-refractivity contribution in [3.05, 3.63) is 11.1 Å². The Morgan fingerprint density at radius 3 is 2.67 bits per heavy atom. The first-order valence-corrected chi connectivity index (χ1v) is 6.29. The van der Waals surface area contributed by atoms with Crippen LogP contribution in [0.4, 0.5) is 0 Å². The number of aliphatic hydroxyl groups is 1. The molecule has 1 rings (SSSR count). The van der Waals surface area contributed by atoms with E-state index in [1.807, 2.05) is 6.92 Å². The number of carbonyl (C=O) groups excluding carboxylic acids is 1. The summed E-state index contributed by atoms with van der Waals surface area (Å²) in [4.78, 5) is 10.8. The monoisotopic (exact) mass is 250 g/mol. The second kappa shape index (κ2) is 5.58. The fourth-order valence-electron chi connectivity index (χ4n) is 2.52. The predicted octanol–water partition coefficient (Wildman–Crippen LogP) is 2.44. The van der Waals surface area contributed by atoms with E-state index in [1.54, 1.807) is 6.92 Å². The molecule has 1 aliphatic rings. The molecule has 1 aliphatic carbocycles. The van der Waals surface area contributed by atoms with Crippen LogP contribution in [-0.4, -0.2) is 23.3 Å². The van der Waals surface area contributed by atoms with E-state index >= 15 is 0 Å². The molecule has 0 spiro atoms. The molecule has 1 N–H and O–H groups in total. The number of aliphatic hydroxyl groups excluding tert-OH is 1. The Labute approximate surface area is 109 Å². The molecule has 0 radical (unpaired) electrons. The second-order valence-corrected chi connectivity index (χ2v) is 5.62. The van der Waals surface area contributed by atoms with E-state index in [9.17, 15) is 9.90 Å². The highest BCUT2D eigenvalue weighted by Gasteiger charge is 2.32. The highest BCUT2D eigenvalue weighted by molar-refractivity contribution is 5.66. The first-order valence-electron chi connectivity index (χ1n) is 6.29. The summed E-state index contributed by atoms with van der Waals surface area (Å²) >= 11 is 0. The maximum atomic E-state index is 10.8. The van der Waals surface area contributed by atoms with Gasteiger partial charge in [-0.3, -0.25) is 4.79 Å². The zero-order chi connectivity index (χ0) is 13.9. The number of rotatable bonds is 1. The van der Waals surface area contributed by atoms with Gasteiger partial charge in [-0.25, -0.2) is 0 Å². The van der Waals surface area contributed by atoms with Crippen LogP contribution in [-0.2, 0) is 9.53 Å². The minimum Gasteiger partial charge on any atom is -0.450 e. The number of ether oxygens (including phenoxy) is 1. The van der Waals surface area contributed by atoms with Crippen molar-refractivity contribution in [1.29, 1.82) is 0 Å². The number of esters is 1. The molecule has 0 saturated carbocycles. The number of hydrogen-bond acceptors (Lipinski definition) is 3. The van der Waals surface area contributed by atoms with Crippen molar-refractivity contribution >= 4 is 5.97 Å². The molecular weight excluding hydrogens is 228 g/mol. The van der Waals surface area contributed by atoms with E-state index < -0.39 is 6.10 Å². The summed E-state index contributed by atoms with van der Waals surface area (Å²) < 4.78 is 4.98. The zero-order valence-corrected chi connectivity index (χ0v) is 11.8. The maximum absolute atomic E-state index is 10.8. The highest BCUT2D eigenvalue weighted by Crippen LogP contribution is 2.39. The summed E-state index contributed by atoms with van der Waals surface area (Å²) in [5.41, 5.74) is 2.07. The lowest BCUT2D eigenvalue weighted by Gasteiger charge is -2.34. The van der Waals surface area contributed by atoms with Gasteiger partial charge in [0.15, 0.2) is 6.10 Å².